The summed E-state index contributed by atoms with van der Waals surface area (Å²) in [4.78, 5) is 2.38. The number of rotatable bonds is 8. The molecule has 0 bridgehead atoms. The number of hydrogen-bond donors (Lipinski definition) is 0. The van der Waals surface area contributed by atoms with E-state index in [9.17, 15) is 0 Å². The van der Waals surface area contributed by atoms with Gasteiger partial charge in [0.2, 0.25) is 0 Å². The molecule has 0 amide bonds. The van der Waals surface area contributed by atoms with Gasteiger partial charge in [-0.05, 0) is 123 Å². The van der Waals surface area contributed by atoms with Crippen molar-refractivity contribution in [3.63, 3.8) is 0 Å². The molecule has 13 aromatic rings. The largest absolute Gasteiger partial charge is 0.456 e. The Morgan fingerprint density at radius 2 is 0.776 bits per heavy atom. The maximum Gasteiger partial charge on any atom is 0.136 e. The van der Waals surface area contributed by atoms with Gasteiger partial charge < -0.3 is 13.9 Å². The molecule has 0 aliphatic carbocycles. The summed E-state index contributed by atoms with van der Waals surface area (Å²) >= 11 is 0. The van der Waals surface area contributed by atoms with Crippen LogP contribution in [-0.2, 0) is 0 Å². The van der Waals surface area contributed by atoms with Crippen LogP contribution in [0, 0.1) is 0 Å². The molecule has 0 spiro atoms. The molecule has 0 unspecified atom stereocenters. The number of furan rings is 1. The molecule has 0 fully saturated rings. The summed E-state index contributed by atoms with van der Waals surface area (Å²) in [5, 5.41) is 7.24. The van der Waals surface area contributed by atoms with Crippen LogP contribution < -0.4 is 4.90 Å². The normalized spacial score (nSPS) is 11.6. The van der Waals surface area contributed by atoms with Gasteiger partial charge in [-0.2, -0.15) is 0 Å². The fourth-order valence-electron chi connectivity index (χ4n) is 10.2. The van der Waals surface area contributed by atoms with E-state index in [2.05, 4.69) is 252 Å². The van der Waals surface area contributed by atoms with E-state index in [0.717, 1.165) is 61.4 Å². The van der Waals surface area contributed by atoms with E-state index in [1.807, 2.05) is 12.1 Å². The molecule has 3 nitrogen and oxygen atoms in total. The maximum atomic E-state index is 6.24. The Kier molecular flexibility index (Phi) is 9.17. The van der Waals surface area contributed by atoms with Crippen LogP contribution in [0.25, 0.3) is 105 Å². The Labute approximate surface area is 388 Å². The van der Waals surface area contributed by atoms with Crippen LogP contribution in [0.2, 0.25) is 0 Å². The Bertz CT molecular complexity index is 3890. The van der Waals surface area contributed by atoms with Crippen molar-refractivity contribution in [2.75, 3.05) is 4.90 Å². The summed E-state index contributed by atoms with van der Waals surface area (Å²) in [6.07, 6.45) is 0. The molecule has 13 rings (SSSR count). The average Bonchev–Trinajstić information content (AvgIpc) is 3.96. The van der Waals surface area contributed by atoms with Crippen LogP contribution in [0.4, 0.5) is 17.1 Å². The Morgan fingerprint density at radius 3 is 1.43 bits per heavy atom. The highest BCUT2D eigenvalue weighted by molar-refractivity contribution is 6.13. The third-order valence-corrected chi connectivity index (χ3v) is 13.4. The van der Waals surface area contributed by atoms with Crippen LogP contribution >= 0.6 is 0 Å². The van der Waals surface area contributed by atoms with Gasteiger partial charge in [0.05, 0.1) is 16.7 Å². The first-order chi connectivity index (χ1) is 33.2. The number of fused-ring (bicyclic) bond motifs is 7. The second kappa shape index (κ2) is 16.0. The van der Waals surface area contributed by atoms with Gasteiger partial charge in [0, 0.05) is 44.0 Å². The highest BCUT2D eigenvalue weighted by atomic mass is 16.3. The monoisotopic (exact) mass is 854 g/mol. The van der Waals surface area contributed by atoms with Gasteiger partial charge in [-0.25, -0.2) is 0 Å². The van der Waals surface area contributed by atoms with Gasteiger partial charge in [0.25, 0.3) is 0 Å². The zero-order valence-electron chi connectivity index (χ0n) is 36.6. The quantitative estimate of drug-likeness (QED) is 0.152. The fraction of sp³-hybridized carbons (Fsp3) is 0. The molecule has 0 saturated heterocycles. The van der Waals surface area contributed by atoms with Crippen LogP contribution in [0.5, 0.6) is 0 Å². The standard InChI is InChI=1S/C64H42N2O/c1-2-16-54-48(12-1)13-10-23-59(54)65(52-38-34-47(35-39-52)49-14-9-15-50(42-49)55-20-11-25-63-64(55)58-19-5-8-24-62(58)67-63)51-36-30-45(31-37-51)43-26-28-44(29-27-43)46-32-40-53(41-33-46)66-60-21-6-3-17-56(60)57-18-4-7-22-61(57)66/h1-42H. The highest BCUT2D eigenvalue weighted by Crippen LogP contribution is 2.42. The van der Waals surface area contributed by atoms with Crippen LogP contribution in [0.15, 0.2) is 259 Å². The number of aromatic nitrogens is 1. The van der Waals surface area contributed by atoms with Gasteiger partial charge in [-0.3, -0.25) is 0 Å². The van der Waals surface area contributed by atoms with E-state index in [-0.39, 0.29) is 0 Å². The number of benzene rings is 11. The van der Waals surface area contributed by atoms with E-state index in [0.29, 0.717) is 0 Å². The maximum absolute atomic E-state index is 6.24. The van der Waals surface area contributed by atoms with Gasteiger partial charge in [0.15, 0.2) is 0 Å². The molecule has 2 heterocycles. The second-order valence-corrected chi connectivity index (χ2v) is 17.3. The van der Waals surface area contributed by atoms with Crippen LogP contribution in [0.3, 0.4) is 0 Å². The number of hydrogen-bond acceptors (Lipinski definition) is 2. The molecule has 2 aromatic heterocycles. The lowest BCUT2D eigenvalue weighted by Crippen LogP contribution is -2.10. The van der Waals surface area contributed by atoms with Crippen molar-refractivity contribution in [1.82, 2.24) is 4.57 Å². The zero-order valence-corrected chi connectivity index (χ0v) is 36.6. The van der Waals surface area contributed by atoms with E-state index in [1.54, 1.807) is 0 Å². The van der Waals surface area contributed by atoms with E-state index in [1.165, 1.54) is 60.4 Å². The molecule has 0 saturated carbocycles. The molecular weight excluding hydrogens is 813 g/mol. The van der Waals surface area contributed by atoms with Gasteiger partial charge in [0.1, 0.15) is 11.2 Å². The summed E-state index contributed by atoms with van der Waals surface area (Å²) in [5.74, 6) is 0. The first-order valence-electron chi connectivity index (χ1n) is 22.9. The average molecular weight is 855 g/mol. The summed E-state index contributed by atoms with van der Waals surface area (Å²) in [7, 11) is 0. The molecule has 0 aliphatic heterocycles. The minimum absolute atomic E-state index is 0.905. The zero-order chi connectivity index (χ0) is 44.3. The van der Waals surface area contributed by atoms with Crippen molar-refractivity contribution in [3.8, 4) is 50.2 Å². The highest BCUT2D eigenvalue weighted by Gasteiger charge is 2.18. The third kappa shape index (κ3) is 6.67. The van der Waals surface area contributed by atoms with Crippen molar-refractivity contribution in [2.45, 2.75) is 0 Å². The molecular formula is C64H42N2O. The lowest BCUT2D eigenvalue weighted by atomic mass is 9.95. The predicted molar refractivity (Wildman–Crippen MR) is 282 cm³/mol. The smallest absolute Gasteiger partial charge is 0.136 e. The van der Waals surface area contributed by atoms with Crippen molar-refractivity contribution >= 4 is 71.6 Å². The molecule has 3 heteroatoms. The van der Waals surface area contributed by atoms with Gasteiger partial charge >= 0.3 is 0 Å². The lowest BCUT2D eigenvalue weighted by Gasteiger charge is -2.27. The van der Waals surface area contributed by atoms with E-state index >= 15 is 0 Å². The third-order valence-electron chi connectivity index (χ3n) is 13.4. The molecule has 0 aliphatic rings. The van der Waals surface area contributed by atoms with Crippen LogP contribution in [0.1, 0.15) is 0 Å². The SMILES string of the molecule is c1cc(-c2ccc(N(c3ccc(-c4ccc(-c5ccc(-n6c7ccccc7c7ccccc76)cc5)cc4)cc3)c3cccc4ccccc34)cc2)cc(-c2cccc3oc4ccccc4c23)c1. The minimum Gasteiger partial charge on any atom is -0.456 e. The molecule has 0 N–H and O–H groups in total. The summed E-state index contributed by atoms with van der Waals surface area (Å²) in [5.41, 5.74) is 18.1. The van der Waals surface area contributed by atoms with Crippen molar-refractivity contribution in [2.24, 2.45) is 0 Å². The van der Waals surface area contributed by atoms with Gasteiger partial charge in [-0.15, -0.1) is 0 Å². The number of anilines is 3. The number of para-hydroxylation sites is 3. The van der Waals surface area contributed by atoms with Crippen LogP contribution in [-0.4, -0.2) is 4.57 Å². The van der Waals surface area contributed by atoms with E-state index < -0.39 is 0 Å². The lowest BCUT2D eigenvalue weighted by molar-refractivity contribution is 0.669. The topological polar surface area (TPSA) is 21.3 Å². The molecule has 0 radical (unpaired) electrons. The fourth-order valence-corrected chi connectivity index (χ4v) is 10.2. The molecule has 314 valence electrons. The van der Waals surface area contributed by atoms with Crippen molar-refractivity contribution in [3.05, 3.63) is 255 Å². The molecule has 67 heavy (non-hydrogen) atoms. The Hall–Kier alpha value is -8.92. The predicted octanol–water partition coefficient (Wildman–Crippen LogP) is 18.0. The van der Waals surface area contributed by atoms with E-state index in [4.69, 9.17) is 4.42 Å². The number of nitrogens with zero attached hydrogens (tertiary/aromatic N) is 2. The van der Waals surface area contributed by atoms with Crippen molar-refractivity contribution in [1.29, 1.82) is 0 Å². The van der Waals surface area contributed by atoms with Gasteiger partial charge in [-0.1, -0.05) is 182 Å². The Morgan fingerprint density at radius 1 is 0.313 bits per heavy atom. The summed E-state index contributed by atoms with van der Waals surface area (Å²) in [6.45, 7) is 0. The first kappa shape index (κ1) is 38.5. The summed E-state index contributed by atoms with van der Waals surface area (Å²) < 4.78 is 8.60. The minimum atomic E-state index is 0.905. The second-order valence-electron chi connectivity index (χ2n) is 17.3. The molecule has 0 atom stereocenters. The van der Waals surface area contributed by atoms with Crippen molar-refractivity contribution < 1.29 is 4.42 Å². The Balaban J connectivity index is 0.802. The molecule has 11 aromatic carbocycles. The summed E-state index contributed by atoms with van der Waals surface area (Å²) in [6, 6.07) is 91.8. The first-order valence-corrected chi connectivity index (χ1v) is 22.9.